The zero-order valence-electron chi connectivity index (χ0n) is 6.31. The summed E-state index contributed by atoms with van der Waals surface area (Å²) in [6.07, 6.45) is 7.31. The number of carbonyl (C=O) groups is 1. The SMILES string of the molecule is O=C1C[C@@H]2CCCC[C@H]1C2. The van der Waals surface area contributed by atoms with E-state index >= 15 is 0 Å². The van der Waals surface area contributed by atoms with Crippen LogP contribution in [0.1, 0.15) is 38.5 Å². The maximum Gasteiger partial charge on any atom is 0.136 e. The second kappa shape index (κ2) is 2.37. The fourth-order valence-corrected chi connectivity index (χ4v) is 2.39. The molecule has 0 saturated heterocycles. The van der Waals surface area contributed by atoms with Gasteiger partial charge in [-0.05, 0) is 18.8 Å². The normalized spacial score (nSPS) is 39.8. The summed E-state index contributed by atoms with van der Waals surface area (Å²) in [6, 6.07) is 0. The molecule has 0 unspecified atom stereocenters. The molecule has 0 aliphatic heterocycles. The van der Waals surface area contributed by atoms with Crippen LogP contribution in [-0.2, 0) is 4.79 Å². The Labute approximate surface area is 61.8 Å². The first-order valence-corrected chi connectivity index (χ1v) is 4.39. The molecule has 10 heavy (non-hydrogen) atoms. The van der Waals surface area contributed by atoms with Gasteiger partial charge in [0.2, 0.25) is 0 Å². The van der Waals surface area contributed by atoms with Crippen LogP contribution < -0.4 is 0 Å². The maximum atomic E-state index is 11.2. The Kier molecular flexibility index (Phi) is 1.51. The molecule has 1 nitrogen and oxygen atoms in total. The van der Waals surface area contributed by atoms with Gasteiger partial charge in [0.25, 0.3) is 0 Å². The lowest BCUT2D eigenvalue weighted by Crippen LogP contribution is -2.05. The Balaban J connectivity index is 2.09. The van der Waals surface area contributed by atoms with Crippen LogP contribution in [0.3, 0.4) is 0 Å². The molecule has 0 aromatic heterocycles. The van der Waals surface area contributed by atoms with Crippen molar-refractivity contribution in [3.8, 4) is 0 Å². The molecule has 2 rings (SSSR count). The molecule has 0 radical (unpaired) electrons. The molecule has 1 heteroatoms. The van der Waals surface area contributed by atoms with E-state index < -0.39 is 0 Å². The minimum Gasteiger partial charge on any atom is -0.299 e. The lowest BCUT2D eigenvalue weighted by atomic mass is 10.0. The van der Waals surface area contributed by atoms with E-state index in [9.17, 15) is 4.79 Å². The van der Waals surface area contributed by atoms with Gasteiger partial charge in [0.05, 0.1) is 0 Å². The van der Waals surface area contributed by atoms with E-state index in [1.54, 1.807) is 0 Å². The first-order valence-electron chi connectivity index (χ1n) is 4.39. The average Bonchev–Trinajstić information content (AvgIpc) is 2.18. The molecule has 0 aromatic carbocycles. The fraction of sp³-hybridized carbons (Fsp3) is 0.889. The van der Waals surface area contributed by atoms with Crippen LogP contribution >= 0.6 is 0 Å². The lowest BCUT2D eigenvalue weighted by molar-refractivity contribution is -0.121. The van der Waals surface area contributed by atoms with Crippen LogP contribution in [0.25, 0.3) is 0 Å². The molecule has 56 valence electrons. The van der Waals surface area contributed by atoms with Gasteiger partial charge in [-0.25, -0.2) is 0 Å². The van der Waals surface area contributed by atoms with E-state index in [1.807, 2.05) is 0 Å². The highest BCUT2D eigenvalue weighted by atomic mass is 16.1. The molecule has 0 aromatic rings. The summed E-state index contributed by atoms with van der Waals surface area (Å²) in [5, 5.41) is 0. The topological polar surface area (TPSA) is 17.1 Å². The molecule has 0 heterocycles. The highest BCUT2D eigenvalue weighted by Gasteiger charge is 2.33. The molecule has 0 spiro atoms. The minimum absolute atomic E-state index is 0.479. The molecule has 2 atom stereocenters. The van der Waals surface area contributed by atoms with Gasteiger partial charge >= 0.3 is 0 Å². The molecular formula is C9H14O. The zero-order chi connectivity index (χ0) is 6.97. The average molecular weight is 138 g/mol. The lowest BCUT2D eigenvalue weighted by Gasteiger charge is -2.04. The van der Waals surface area contributed by atoms with Gasteiger partial charge in [-0.2, -0.15) is 0 Å². The van der Waals surface area contributed by atoms with E-state index in [4.69, 9.17) is 0 Å². The van der Waals surface area contributed by atoms with Crippen molar-refractivity contribution in [3.63, 3.8) is 0 Å². The van der Waals surface area contributed by atoms with Crippen molar-refractivity contribution in [3.05, 3.63) is 0 Å². The molecule has 2 fully saturated rings. The Morgan fingerprint density at radius 2 is 2.00 bits per heavy atom. The van der Waals surface area contributed by atoms with E-state index in [2.05, 4.69) is 0 Å². The summed E-state index contributed by atoms with van der Waals surface area (Å²) in [5.74, 6) is 1.82. The summed E-state index contributed by atoms with van der Waals surface area (Å²) in [6.45, 7) is 0. The van der Waals surface area contributed by atoms with Crippen LogP contribution in [0.4, 0.5) is 0 Å². The molecule has 2 aliphatic rings. The number of ketones is 1. The van der Waals surface area contributed by atoms with Crippen LogP contribution in [0, 0.1) is 11.8 Å². The summed E-state index contributed by atoms with van der Waals surface area (Å²) in [5.41, 5.74) is 0. The smallest absolute Gasteiger partial charge is 0.136 e. The van der Waals surface area contributed by atoms with Crippen molar-refractivity contribution in [2.45, 2.75) is 38.5 Å². The third-order valence-corrected chi connectivity index (χ3v) is 2.98. The van der Waals surface area contributed by atoms with Crippen molar-refractivity contribution < 1.29 is 4.79 Å². The summed E-state index contributed by atoms with van der Waals surface area (Å²) >= 11 is 0. The minimum atomic E-state index is 0.479. The summed E-state index contributed by atoms with van der Waals surface area (Å²) in [7, 11) is 0. The summed E-state index contributed by atoms with van der Waals surface area (Å²) < 4.78 is 0. The van der Waals surface area contributed by atoms with Crippen molar-refractivity contribution in [1.29, 1.82) is 0 Å². The number of hydrogen-bond acceptors (Lipinski definition) is 1. The number of hydrogen-bond donors (Lipinski definition) is 0. The third-order valence-electron chi connectivity index (χ3n) is 2.98. The number of Topliss-reactive ketones (excluding diaryl/α,β-unsaturated/α-hetero) is 1. The van der Waals surface area contributed by atoms with Crippen molar-refractivity contribution >= 4 is 5.78 Å². The predicted octanol–water partition coefficient (Wildman–Crippen LogP) is 2.16. The molecule has 2 saturated carbocycles. The van der Waals surface area contributed by atoms with Gasteiger partial charge in [0.1, 0.15) is 5.78 Å². The van der Waals surface area contributed by atoms with Gasteiger partial charge in [0, 0.05) is 12.3 Å². The Morgan fingerprint density at radius 1 is 1.20 bits per heavy atom. The van der Waals surface area contributed by atoms with E-state index in [0.29, 0.717) is 11.7 Å². The predicted molar refractivity (Wildman–Crippen MR) is 39.7 cm³/mol. The Bertz CT molecular complexity index is 151. The van der Waals surface area contributed by atoms with E-state index in [0.717, 1.165) is 12.3 Å². The van der Waals surface area contributed by atoms with Crippen molar-refractivity contribution in [1.82, 2.24) is 0 Å². The maximum absolute atomic E-state index is 11.2. The van der Waals surface area contributed by atoms with Gasteiger partial charge in [-0.3, -0.25) is 4.79 Å². The second-order valence-corrected chi connectivity index (χ2v) is 3.75. The molecule has 2 bridgehead atoms. The molecular weight excluding hydrogens is 124 g/mol. The standard InChI is InChI=1S/C9H14O/c10-9-6-7-3-1-2-4-8(9)5-7/h7-8H,1-6H2/t7-,8+/m1/s1. The Hall–Kier alpha value is -0.330. The van der Waals surface area contributed by atoms with E-state index in [-0.39, 0.29) is 0 Å². The number of rotatable bonds is 0. The van der Waals surface area contributed by atoms with Crippen LogP contribution in [0.15, 0.2) is 0 Å². The molecule has 2 aliphatic carbocycles. The highest BCUT2D eigenvalue weighted by molar-refractivity contribution is 5.83. The van der Waals surface area contributed by atoms with E-state index in [1.165, 1.54) is 32.1 Å². The largest absolute Gasteiger partial charge is 0.299 e. The van der Waals surface area contributed by atoms with Crippen LogP contribution in [0.5, 0.6) is 0 Å². The Morgan fingerprint density at radius 3 is 2.90 bits per heavy atom. The van der Waals surface area contributed by atoms with Gasteiger partial charge in [-0.15, -0.1) is 0 Å². The quantitative estimate of drug-likeness (QED) is 0.501. The van der Waals surface area contributed by atoms with Gasteiger partial charge < -0.3 is 0 Å². The number of carbonyl (C=O) groups excluding carboxylic acids is 1. The summed E-state index contributed by atoms with van der Waals surface area (Å²) in [4.78, 5) is 11.2. The second-order valence-electron chi connectivity index (χ2n) is 3.75. The first-order chi connectivity index (χ1) is 4.86. The third kappa shape index (κ3) is 0.979. The van der Waals surface area contributed by atoms with Crippen molar-refractivity contribution in [2.24, 2.45) is 11.8 Å². The van der Waals surface area contributed by atoms with Crippen LogP contribution in [-0.4, -0.2) is 5.78 Å². The van der Waals surface area contributed by atoms with Gasteiger partial charge in [-0.1, -0.05) is 19.3 Å². The monoisotopic (exact) mass is 138 g/mol. The highest BCUT2D eigenvalue weighted by Crippen LogP contribution is 2.37. The van der Waals surface area contributed by atoms with Gasteiger partial charge in [0.15, 0.2) is 0 Å². The van der Waals surface area contributed by atoms with Crippen LogP contribution in [0.2, 0.25) is 0 Å². The zero-order valence-corrected chi connectivity index (χ0v) is 6.31. The first kappa shape index (κ1) is 6.38. The molecule has 0 N–H and O–H groups in total. The molecule has 0 amide bonds. The fourth-order valence-electron chi connectivity index (χ4n) is 2.39. The van der Waals surface area contributed by atoms with Crippen molar-refractivity contribution in [2.75, 3.05) is 0 Å². The number of fused-ring (bicyclic) bond motifs is 2.